The highest BCUT2D eigenvalue weighted by molar-refractivity contribution is 7.89. The third-order valence-electron chi connectivity index (χ3n) is 4.26. The zero-order valence-electron chi connectivity index (χ0n) is 16.0. The molecule has 3 rings (SSSR count). The number of hydrogen-bond acceptors (Lipinski definition) is 4. The van der Waals surface area contributed by atoms with Crippen LogP contribution in [0.25, 0.3) is 0 Å². The summed E-state index contributed by atoms with van der Waals surface area (Å²) in [6, 6.07) is 24.6. The molecule has 0 radical (unpaired) electrons. The number of hydrogen-bond donors (Lipinski definition) is 1. The molecular formula is C22H22N2O4S. The van der Waals surface area contributed by atoms with Gasteiger partial charge in [-0.1, -0.05) is 36.4 Å². The molecule has 3 aromatic carbocycles. The average Bonchev–Trinajstić information content (AvgIpc) is 2.75. The van der Waals surface area contributed by atoms with E-state index in [-0.39, 0.29) is 23.8 Å². The minimum absolute atomic E-state index is 0.0234. The van der Waals surface area contributed by atoms with Gasteiger partial charge < -0.3 is 9.64 Å². The molecule has 150 valence electrons. The van der Waals surface area contributed by atoms with E-state index in [9.17, 15) is 13.2 Å². The number of benzene rings is 3. The zero-order chi connectivity index (χ0) is 20.7. The maximum absolute atomic E-state index is 12.4. The lowest BCUT2D eigenvalue weighted by Crippen LogP contribution is -2.32. The summed E-state index contributed by atoms with van der Waals surface area (Å²) < 4.78 is 32.6. The molecule has 0 saturated carbocycles. The van der Waals surface area contributed by atoms with Crippen molar-refractivity contribution in [1.29, 1.82) is 0 Å². The van der Waals surface area contributed by atoms with Crippen LogP contribution in [0.1, 0.15) is 6.42 Å². The van der Waals surface area contributed by atoms with E-state index in [1.54, 1.807) is 49.5 Å². The van der Waals surface area contributed by atoms with Crippen LogP contribution in [0.4, 0.5) is 5.69 Å². The van der Waals surface area contributed by atoms with Crippen molar-refractivity contribution in [2.75, 3.05) is 18.5 Å². The topological polar surface area (TPSA) is 75.7 Å². The fourth-order valence-corrected chi connectivity index (χ4v) is 3.70. The highest BCUT2D eigenvalue weighted by Crippen LogP contribution is 2.24. The van der Waals surface area contributed by atoms with Gasteiger partial charge in [-0.2, -0.15) is 0 Å². The fourth-order valence-electron chi connectivity index (χ4n) is 2.65. The Kier molecular flexibility index (Phi) is 6.64. The van der Waals surface area contributed by atoms with Crippen LogP contribution in [0.5, 0.6) is 11.5 Å². The highest BCUT2D eigenvalue weighted by atomic mass is 32.2. The van der Waals surface area contributed by atoms with Crippen LogP contribution in [-0.2, 0) is 14.8 Å². The Balaban J connectivity index is 1.53. The summed E-state index contributed by atoms with van der Waals surface area (Å²) in [7, 11) is -1.97. The van der Waals surface area contributed by atoms with Crippen LogP contribution in [0, 0.1) is 0 Å². The number of carbonyl (C=O) groups is 1. The van der Waals surface area contributed by atoms with Gasteiger partial charge in [-0.05, 0) is 48.5 Å². The molecular weight excluding hydrogens is 388 g/mol. The molecule has 29 heavy (non-hydrogen) atoms. The van der Waals surface area contributed by atoms with Gasteiger partial charge in [0, 0.05) is 25.7 Å². The minimum Gasteiger partial charge on any atom is -0.457 e. The molecule has 0 fully saturated rings. The molecule has 0 bridgehead atoms. The summed E-state index contributed by atoms with van der Waals surface area (Å²) in [5.74, 6) is 1.20. The molecule has 1 N–H and O–H groups in total. The number of nitrogens with zero attached hydrogens (tertiary/aromatic N) is 1. The van der Waals surface area contributed by atoms with E-state index in [1.807, 2.05) is 30.3 Å². The van der Waals surface area contributed by atoms with Gasteiger partial charge in [0.25, 0.3) is 0 Å². The number of para-hydroxylation sites is 1. The van der Waals surface area contributed by atoms with Crippen LogP contribution in [0.3, 0.4) is 0 Å². The molecule has 0 saturated heterocycles. The van der Waals surface area contributed by atoms with Gasteiger partial charge >= 0.3 is 0 Å². The Labute approximate surface area is 170 Å². The lowest BCUT2D eigenvalue weighted by Gasteiger charge is -2.18. The summed E-state index contributed by atoms with van der Waals surface area (Å²) in [5.41, 5.74) is 0.696. The summed E-state index contributed by atoms with van der Waals surface area (Å²) in [4.78, 5) is 14.1. The number of rotatable bonds is 8. The predicted molar refractivity (Wildman–Crippen MR) is 113 cm³/mol. The lowest BCUT2D eigenvalue weighted by molar-refractivity contribution is -0.118. The SMILES string of the molecule is CN(C(=O)CCNS(=O)(=O)c1ccccc1)c1ccc(Oc2ccccc2)cc1. The van der Waals surface area contributed by atoms with E-state index in [0.717, 1.165) is 5.75 Å². The zero-order valence-corrected chi connectivity index (χ0v) is 16.8. The average molecular weight is 410 g/mol. The van der Waals surface area contributed by atoms with Crippen molar-refractivity contribution >= 4 is 21.6 Å². The van der Waals surface area contributed by atoms with Crippen LogP contribution < -0.4 is 14.4 Å². The van der Waals surface area contributed by atoms with Crippen LogP contribution in [0.15, 0.2) is 89.8 Å². The molecule has 0 aliphatic heterocycles. The van der Waals surface area contributed by atoms with Crippen molar-refractivity contribution < 1.29 is 17.9 Å². The number of anilines is 1. The van der Waals surface area contributed by atoms with E-state index in [2.05, 4.69) is 4.72 Å². The maximum Gasteiger partial charge on any atom is 0.240 e. The number of amides is 1. The van der Waals surface area contributed by atoms with Gasteiger partial charge in [0.05, 0.1) is 4.90 Å². The van der Waals surface area contributed by atoms with E-state index >= 15 is 0 Å². The van der Waals surface area contributed by atoms with Gasteiger partial charge in [0.15, 0.2) is 0 Å². The van der Waals surface area contributed by atoms with E-state index in [4.69, 9.17) is 4.74 Å². The second kappa shape index (κ2) is 9.36. The van der Waals surface area contributed by atoms with Gasteiger partial charge in [0.1, 0.15) is 11.5 Å². The van der Waals surface area contributed by atoms with Crippen LogP contribution in [0.2, 0.25) is 0 Å². The first-order valence-corrected chi connectivity index (χ1v) is 10.6. The maximum atomic E-state index is 12.4. The van der Waals surface area contributed by atoms with Gasteiger partial charge in [-0.3, -0.25) is 4.79 Å². The number of sulfonamides is 1. The molecule has 1 amide bonds. The number of carbonyl (C=O) groups excluding carboxylic acids is 1. The summed E-state index contributed by atoms with van der Waals surface area (Å²) >= 11 is 0. The van der Waals surface area contributed by atoms with Crippen LogP contribution in [-0.4, -0.2) is 27.9 Å². The Bertz CT molecular complexity index is 1040. The molecule has 3 aromatic rings. The predicted octanol–water partition coefficient (Wildman–Crippen LogP) is 3.81. The summed E-state index contributed by atoms with van der Waals surface area (Å²) in [5, 5.41) is 0. The normalized spacial score (nSPS) is 11.1. The quantitative estimate of drug-likeness (QED) is 0.613. The number of ether oxygens (including phenoxy) is 1. The van der Waals surface area contributed by atoms with Crippen molar-refractivity contribution in [1.82, 2.24) is 4.72 Å². The second-order valence-electron chi connectivity index (χ2n) is 6.32. The van der Waals surface area contributed by atoms with Gasteiger partial charge in [0.2, 0.25) is 15.9 Å². The van der Waals surface area contributed by atoms with Crippen molar-refractivity contribution in [3.8, 4) is 11.5 Å². The molecule has 0 aromatic heterocycles. The Hall–Kier alpha value is -3.16. The Morgan fingerprint density at radius 3 is 2.03 bits per heavy atom. The van der Waals surface area contributed by atoms with Crippen molar-refractivity contribution in [3.63, 3.8) is 0 Å². The third-order valence-corrected chi connectivity index (χ3v) is 5.74. The summed E-state index contributed by atoms with van der Waals surface area (Å²) in [6.45, 7) is 0.0234. The van der Waals surface area contributed by atoms with Crippen molar-refractivity contribution in [2.24, 2.45) is 0 Å². The first-order valence-electron chi connectivity index (χ1n) is 9.10. The fraction of sp³-hybridized carbons (Fsp3) is 0.136. The van der Waals surface area contributed by atoms with E-state index in [1.165, 1.54) is 17.0 Å². The van der Waals surface area contributed by atoms with Gasteiger partial charge in [-0.25, -0.2) is 13.1 Å². The van der Waals surface area contributed by atoms with E-state index in [0.29, 0.717) is 11.4 Å². The Morgan fingerprint density at radius 2 is 1.41 bits per heavy atom. The number of nitrogens with one attached hydrogen (secondary N) is 1. The highest BCUT2D eigenvalue weighted by Gasteiger charge is 2.15. The summed E-state index contributed by atoms with van der Waals surface area (Å²) in [6.07, 6.45) is 0.0465. The smallest absolute Gasteiger partial charge is 0.240 e. The molecule has 6 nitrogen and oxygen atoms in total. The molecule has 0 atom stereocenters. The van der Waals surface area contributed by atoms with Crippen LogP contribution >= 0.6 is 0 Å². The minimum atomic E-state index is -3.62. The van der Waals surface area contributed by atoms with Crippen molar-refractivity contribution in [3.05, 3.63) is 84.9 Å². The molecule has 0 aliphatic carbocycles. The molecule has 7 heteroatoms. The van der Waals surface area contributed by atoms with Crippen molar-refractivity contribution in [2.45, 2.75) is 11.3 Å². The second-order valence-corrected chi connectivity index (χ2v) is 8.09. The monoisotopic (exact) mass is 410 g/mol. The molecule has 0 unspecified atom stereocenters. The third kappa shape index (κ3) is 5.66. The molecule has 0 aliphatic rings. The first-order chi connectivity index (χ1) is 14.0. The van der Waals surface area contributed by atoms with Gasteiger partial charge in [-0.15, -0.1) is 0 Å². The largest absolute Gasteiger partial charge is 0.457 e. The van der Waals surface area contributed by atoms with E-state index < -0.39 is 10.0 Å². The standard InChI is InChI=1S/C22H22N2O4S/c1-24(18-12-14-20(15-13-18)28-19-8-4-2-5-9-19)22(25)16-17-23-29(26,27)21-10-6-3-7-11-21/h2-15,23H,16-17H2,1H3. The lowest BCUT2D eigenvalue weighted by atomic mass is 10.2. The molecule has 0 spiro atoms. The first kappa shape index (κ1) is 20.6. The molecule has 0 heterocycles. The Morgan fingerprint density at radius 1 is 0.862 bits per heavy atom.